The third-order valence-corrected chi connectivity index (χ3v) is 2.78. The summed E-state index contributed by atoms with van der Waals surface area (Å²) in [4.78, 5) is 4.15. The zero-order valence-electron chi connectivity index (χ0n) is 6.64. The smallest absolute Gasteiger partial charge is 0.180 e. The molecule has 2 aromatic rings. The Kier molecular flexibility index (Phi) is 2.49. The Morgan fingerprint density at radius 2 is 2.46 bits per heavy atom. The number of nitrogen functional groups attached to an aromatic ring is 1. The SMILES string of the molecule is Nc1nc(Cn2cc(I)cn2)cs1. The molecule has 0 saturated carbocycles. The monoisotopic (exact) mass is 306 g/mol. The molecule has 0 spiro atoms. The third-order valence-electron chi connectivity index (χ3n) is 1.50. The van der Waals surface area contributed by atoms with Crippen molar-refractivity contribution >= 4 is 39.1 Å². The van der Waals surface area contributed by atoms with Gasteiger partial charge in [-0.25, -0.2) is 4.98 Å². The van der Waals surface area contributed by atoms with Crippen LogP contribution in [0.25, 0.3) is 0 Å². The van der Waals surface area contributed by atoms with Gasteiger partial charge in [-0.1, -0.05) is 0 Å². The van der Waals surface area contributed by atoms with Crippen molar-refractivity contribution in [1.29, 1.82) is 0 Å². The van der Waals surface area contributed by atoms with Gasteiger partial charge in [-0.2, -0.15) is 5.10 Å². The van der Waals surface area contributed by atoms with Gasteiger partial charge in [0.2, 0.25) is 0 Å². The molecule has 0 atom stereocenters. The summed E-state index contributed by atoms with van der Waals surface area (Å²) in [5.74, 6) is 0. The second kappa shape index (κ2) is 3.62. The Labute approximate surface area is 92.9 Å². The number of aromatic nitrogens is 3. The molecule has 2 heterocycles. The average Bonchev–Trinajstić information content (AvgIpc) is 2.62. The molecule has 2 aromatic heterocycles. The fourth-order valence-electron chi connectivity index (χ4n) is 0.986. The lowest BCUT2D eigenvalue weighted by Crippen LogP contribution is -2.00. The van der Waals surface area contributed by atoms with Crippen LogP contribution in [0.15, 0.2) is 17.8 Å². The van der Waals surface area contributed by atoms with Gasteiger partial charge in [0.05, 0.1) is 22.0 Å². The van der Waals surface area contributed by atoms with E-state index in [0.29, 0.717) is 11.7 Å². The van der Waals surface area contributed by atoms with E-state index in [4.69, 9.17) is 5.73 Å². The first-order chi connectivity index (χ1) is 6.24. The minimum absolute atomic E-state index is 0.608. The molecule has 4 nitrogen and oxygen atoms in total. The van der Waals surface area contributed by atoms with Crippen molar-refractivity contribution in [3.05, 3.63) is 27.0 Å². The van der Waals surface area contributed by atoms with Crippen LogP contribution in [0.2, 0.25) is 0 Å². The van der Waals surface area contributed by atoms with Crippen molar-refractivity contribution in [2.75, 3.05) is 5.73 Å². The van der Waals surface area contributed by atoms with Gasteiger partial charge >= 0.3 is 0 Å². The second-order valence-corrected chi connectivity index (χ2v) is 4.67. The quantitative estimate of drug-likeness (QED) is 0.857. The van der Waals surface area contributed by atoms with Gasteiger partial charge in [-0.15, -0.1) is 11.3 Å². The number of hydrogen-bond acceptors (Lipinski definition) is 4. The van der Waals surface area contributed by atoms with Crippen LogP contribution in [0.4, 0.5) is 5.13 Å². The van der Waals surface area contributed by atoms with Crippen molar-refractivity contribution in [3.8, 4) is 0 Å². The maximum absolute atomic E-state index is 5.51. The highest BCUT2D eigenvalue weighted by molar-refractivity contribution is 14.1. The van der Waals surface area contributed by atoms with E-state index >= 15 is 0 Å². The molecule has 0 fully saturated rings. The molecule has 0 bridgehead atoms. The molecule has 0 aliphatic carbocycles. The van der Waals surface area contributed by atoms with E-state index in [1.807, 2.05) is 22.5 Å². The van der Waals surface area contributed by atoms with Crippen molar-refractivity contribution in [2.45, 2.75) is 6.54 Å². The summed E-state index contributed by atoms with van der Waals surface area (Å²) in [5, 5.41) is 6.71. The lowest BCUT2D eigenvalue weighted by Gasteiger charge is -1.95. The van der Waals surface area contributed by atoms with Gasteiger partial charge in [-0.3, -0.25) is 4.68 Å². The third kappa shape index (κ3) is 2.19. The molecule has 68 valence electrons. The predicted octanol–water partition coefficient (Wildman–Crippen LogP) is 1.57. The highest BCUT2D eigenvalue weighted by Crippen LogP contribution is 2.12. The molecular formula is C7H7IN4S. The Bertz CT molecular complexity index is 370. The second-order valence-electron chi connectivity index (χ2n) is 2.53. The summed E-state index contributed by atoms with van der Waals surface area (Å²) in [6.07, 6.45) is 3.78. The minimum atomic E-state index is 0.608. The van der Waals surface area contributed by atoms with E-state index in [2.05, 4.69) is 32.7 Å². The molecule has 0 aromatic carbocycles. The van der Waals surface area contributed by atoms with Crippen LogP contribution in [-0.2, 0) is 6.54 Å². The van der Waals surface area contributed by atoms with Crippen LogP contribution in [0, 0.1) is 3.57 Å². The molecule has 0 aliphatic rings. The summed E-state index contributed by atoms with van der Waals surface area (Å²) in [6, 6.07) is 0. The van der Waals surface area contributed by atoms with Crippen LogP contribution >= 0.6 is 33.9 Å². The highest BCUT2D eigenvalue weighted by atomic mass is 127. The van der Waals surface area contributed by atoms with Crippen LogP contribution in [0.3, 0.4) is 0 Å². The van der Waals surface area contributed by atoms with Crippen LogP contribution in [0.5, 0.6) is 0 Å². The number of nitrogens with two attached hydrogens (primary N) is 1. The number of halogens is 1. The maximum atomic E-state index is 5.51. The Balaban J connectivity index is 2.14. The van der Waals surface area contributed by atoms with Crippen LogP contribution in [0.1, 0.15) is 5.69 Å². The van der Waals surface area contributed by atoms with E-state index < -0.39 is 0 Å². The summed E-state index contributed by atoms with van der Waals surface area (Å²) in [7, 11) is 0. The Hall–Kier alpha value is -0.630. The van der Waals surface area contributed by atoms with E-state index in [1.165, 1.54) is 11.3 Å². The van der Waals surface area contributed by atoms with E-state index in [-0.39, 0.29) is 0 Å². The number of rotatable bonds is 2. The lowest BCUT2D eigenvalue weighted by molar-refractivity contribution is 0.676. The fourth-order valence-corrected chi connectivity index (χ4v) is 1.99. The van der Waals surface area contributed by atoms with E-state index in [1.54, 1.807) is 0 Å². The summed E-state index contributed by atoms with van der Waals surface area (Å²) in [5.41, 5.74) is 6.47. The average molecular weight is 306 g/mol. The molecule has 13 heavy (non-hydrogen) atoms. The first kappa shape index (κ1) is 8.95. The number of hydrogen-bond donors (Lipinski definition) is 1. The normalized spacial score (nSPS) is 10.5. The van der Waals surface area contributed by atoms with Gasteiger partial charge in [-0.05, 0) is 22.6 Å². The van der Waals surface area contributed by atoms with Crippen LogP contribution in [-0.4, -0.2) is 14.8 Å². The molecule has 0 saturated heterocycles. The highest BCUT2D eigenvalue weighted by Gasteiger charge is 2.00. The topological polar surface area (TPSA) is 56.7 Å². The summed E-state index contributed by atoms with van der Waals surface area (Å²) in [6.45, 7) is 0.691. The van der Waals surface area contributed by atoms with Crippen molar-refractivity contribution in [3.63, 3.8) is 0 Å². The van der Waals surface area contributed by atoms with Crippen molar-refractivity contribution in [1.82, 2.24) is 14.8 Å². The molecule has 2 rings (SSSR count). The first-order valence-corrected chi connectivity index (χ1v) is 5.58. The van der Waals surface area contributed by atoms with Gasteiger partial charge < -0.3 is 5.73 Å². The minimum Gasteiger partial charge on any atom is -0.375 e. The molecule has 0 radical (unpaired) electrons. The zero-order chi connectivity index (χ0) is 9.26. The molecule has 0 amide bonds. The predicted molar refractivity (Wildman–Crippen MR) is 60.6 cm³/mol. The Morgan fingerprint density at radius 1 is 1.62 bits per heavy atom. The molecule has 0 aliphatic heterocycles. The van der Waals surface area contributed by atoms with E-state index in [0.717, 1.165) is 9.26 Å². The largest absolute Gasteiger partial charge is 0.375 e. The molecule has 2 N–H and O–H groups in total. The molecular weight excluding hydrogens is 299 g/mol. The molecule has 0 unspecified atom stereocenters. The number of nitrogens with zero attached hydrogens (tertiary/aromatic N) is 3. The van der Waals surface area contributed by atoms with Crippen molar-refractivity contribution < 1.29 is 0 Å². The van der Waals surface area contributed by atoms with Crippen LogP contribution < -0.4 is 5.73 Å². The van der Waals surface area contributed by atoms with Gasteiger partial charge in [0, 0.05) is 11.6 Å². The van der Waals surface area contributed by atoms with Gasteiger partial charge in [0.15, 0.2) is 5.13 Å². The number of thiazole rings is 1. The van der Waals surface area contributed by atoms with Gasteiger partial charge in [0.25, 0.3) is 0 Å². The van der Waals surface area contributed by atoms with Gasteiger partial charge in [0.1, 0.15) is 0 Å². The molecule has 6 heteroatoms. The standard InChI is InChI=1S/C7H7IN4S/c8-5-1-10-12(2-5)3-6-4-13-7(9)11-6/h1-2,4H,3H2,(H2,9,11). The van der Waals surface area contributed by atoms with E-state index in [9.17, 15) is 0 Å². The fraction of sp³-hybridized carbons (Fsp3) is 0.143. The summed E-state index contributed by atoms with van der Waals surface area (Å²) >= 11 is 3.68. The maximum Gasteiger partial charge on any atom is 0.180 e. The first-order valence-electron chi connectivity index (χ1n) is 3.62. The van der Waals surface area contributed by atoms with Crippen molar-refractivity contribution in [2.24, 2.45) is 0 Å². The lowest BCUT2D eigenvalue weighted by atomic mass is 10.5. The number of anilines is 1. The zero-order valence-corrected chi connectivity index (χ0v) is 9.62. The summed E-state index contributed by atoms with van der Waals surface area (Å²) < 4.78 is 2.97. The Morgan fingerprint density at radius 3 is 3.00 bits per heavy atom.